The lowest BCUT2D eigenvalue weighted by Crippen LogP contribution is -2.55. The third-order valence-corrected chi connectivity index (χ3v) is 4.55. The van der Waals surface area contributed by atoms with Gasteiger partial charge in [0, 0.05) is 6.07 Å². The van der Waals surface area contributed by atoms with Crippen LogP contribution in [0.2, 0.25) is 0 Å². The number of aromatic hydroxyl groups is 1. The van der Waals surface area contributed by atoms with Gasteiger partial charge >= 0.3 is 0 Å². The second kappa shape index (κ2) is 6.15. The Morgan fingerprint density at radius 1 is 1.17 bits per heavy atom. The predicted molar refractivity (Wildman–Crippen MR) is 89.6 cm³/mol. The summed E-state index contributed by atoms with van der Waals surface area (Å²) in [4.78, 5) is 14.7. The van der Waals surface area contributed by atoms with Crippen molar-refractivity contribution in [3.05, 3.63) is 53.8 Å². The topological polar surface area (TPSA) is 49.8 Å². The van der Waals surface area contributed by atoms with E-state index in [0.717, 1.165) is 0 Å². The molecule has 5 heteroatoms. The standard InChI is InChI=1S/C19H20FNO3/c1-3-19(4-2)18(23)21(12-13-6-5-7-14(20)10-13)16-9-8-15(22)11-17(16)24-19/h5-11,22H,3-4,12H2,1-2H3. The van der Waals surface area contributed by atoms with Crippen molar-refractivity contribution >= 4 is 11.6 Å². The van der Waals surface area contributed by atoms with Gasteiger partial charge in [-0.25, -0.2) is 4.39 Å². The highest BCUT2D eigenvalue weighted by Gasteiger charge is 2.45. The first-order valence-electron chi connectivity index (χ1n) is 8.07. The zero-order chi connectivity index (χ0) is 17.3. The molecule has 2 aromatic carbocycles. The molecule has 0 saturated heterocycles. The van der Waals surface area contributed by atoms with E-state index >= 15 is 0 Å². The van der Waals surface area contributed by atoms with Crippen LogP contribution >= 0.6 is 0 Å². The quantitative estimate of drug-likeness (QED) is 0.922. The van der Waals surface area contributed by atoms with E-state index in [1.165, 1.54) is 24.3 Å². The maximum Gasteiger partial charge on any atom is 0.271 e. The van der Waals surface area contributed by atoms with Crippen molar-refractivity contribution in [1.29, 1.82) is 0 Å². The van der Waals surface area contributed by atoms with Gasteiger partial charge in [-0.15, -0.1) is 0 Å². The molecular weight excluding hydrogens is 309 g/mol. The number of phenols is 1. The summed E-state index contributed by atoms with van der Waals surface area (Å²) in [5.41, 5.74) is 0.318. The zero-order valence-electron chi connectivity index (χ0n) is 13.8. The molecule has 3 rings (SSSR count). The monoisotopic (exact) mass is 329 g/mol. The third kappa shape index (κ3) is 2.70. The summed E-state index contributed by atoms with van der Waals surface area (Å²) >= 11 is 0. The number of benzene rings is 2. The van der Waals surface area contributed by atoms with Crippen molar-refractivity contribution < 1.29 is 19.0 Å². The number of hydrogen-bond acceptors (Lipinski definition) is 3. The minimum atomic E-state index is -0.964. The Labute approximate surface area is 140 Å². The van der Waals surface area contributed by atoms with Gasteiger partial charge in [0.1, 0.15) is 17.3 Å². The molecule has 1 N–H and O–H groups in total. The zero-order valence-corrected chi connectivity index (χ0v) is 13.8. The van der Waals surface area contributed by atoms with Gasteiger partial charge in [-0.3, -0.25) is 4.79 Å². The van der Waals surface area contributed by atoms with Crippen LogP contribution in [0.15, 0.2) is 42.5 Å². The van der Waals surface area contributed by atoms with Crippen molar-refractivity contribution in [3.8, 4) is 11.5 Å². The Kier molecular flexibility index (Phi) is 4.18. The summed E-state index contributed by atoms with van der Waals surface area (Å²) in [5.74, 6) is 0.0657. The average Bonchev–Trinajstić information content (AvgIpc) is 2.57. The number of ether oxygens (including phenoxy) is 1. The molecular formula is C19H20FNO3. The fourth-order valence-electron chi connectivity index (χ4n) is 3.09. The maximum atomic E-state index is 13.5. The molecule has 1 amide bonds. The molecule has 0 atom stereocenters. The van der Waals surface area contributed by atoms with Gasteiger partial charge in [0.15, 0.2) is 5.60 Å². The van der Waals surface area contributed by atoms with Gasteiger partial charge in [-0.05, 0) is 42.7 Å². The SMILES string of the molecule is CCC1(CC)Oc2cc(O)ccc2N(Cc2cccc(F)c2)C1=O. The minimum absolute atomic E-state index is 0.0786. The highest BCUT2D eigenvalue weighted by Crippen LogP contribution is 2.42. The van der Waals surface area contributed by atoms with E-state index in [-0.39, 0.29) is 24.0 Å². The molecule has 1 aliphatic heterocycles. The van der Waals surface area contributed by atoms with Crippen LogP contribution < -0.4 is 9.64 Å². The van der Waals surface area contributed by atoms with E-state index in [1.807, 2.05) is 13.8 Å². The first-order valence-corrected chi connectivity index (χ1v) is 8.07. The normalized spacial score (nSPS) is 15.8. The van der Waals surface area contributed by atoms with E-state index in [9.17, 15) is 14.3 Å². The van der Waals surface area contributed by atoms with Gasteiger partial charge in [-0.2, -0.15) is 0 Å². The van der Waals surface area contributed by atoms with Crippen LogP contribution in [0.1, 0.15) is 32.3 Å². The van der Waals surface area contributed by atoms with Crippen LogP contribution in [0.5, 0.6) is 11.5 Å². The van der Waals surface area contributed by atoms with Crippen molar-refractivity contribution in [2.75, 3.05) is 4.90 Å². The summed E-state index contributed by atoms with van der Waals surface area (Å²) in [7, 11) is 0. The Bertz CT molecular complexity index is 771. The minimum Gasteiger partial charge on any atom is -0.508 e. The molecule has 24 heavy (non-hydrogen) atoms. The van der Waals surface area contributed by atoms with Gasteiger partial charge in [-0.1, -0.05) is 26.0 Å². The number of phenolic OH excluding ortho intramolecular Hbond substituents is 1. The highest BCUT2D eigenvalue weighted by molar-refractivity contribution is 6.02. The van der Waals surface area contributed by atoms with Gasteiger partial charge < -0.3 is 14.7 Å². The smallest absolute Gasteiger partial charge is 0.271 e. The van der Waals surface area contributed by atoms with Crippen molar-refractivity contribution in [2.24, 2.45) is 0 Å². The van der Waals surface area contributed by atoms with E-state index in [1.54, 1.807) is 23.1 Å². The predicted octanol–water partition coefficient (Wildman–Crippen LogP) is 4.02. The summed E-state index contributed by atoms with van der Waals surface area (Å²) < 4.78 is 19.5. The lowest BCUT2D eigenvalue weighted by atomic mass is 9.92. The van der Waals surface area contributed by atoms with Crippen LogP contribution in [0.4, 0.5) is 10.1 Å². The fraction of sp³-hybridized carbons (Fsp3) is 0.316. The number of nitrogens with zero attached hydrogens (tertiary/aromatic N) is 1. The molecule has 0 spiro atoms. The molecule has 126 valence electrons. The number of carbonyl (C=O) groups excluding carboxylic acids is 1. The molecule has 4 nitrogen and oxygen atoms in total. The van der Waals surface area contributed by atoms with Crippen LogP contribution in [0, 0.1) is 5.82 Å². The molecule has 0 aliphatic carbocycles. The summed E-state index contributed by atoms with van der Waals surface area (Å²) in [6, 6.07) is 10.9. The Morgan fingerprint density at radius 2 is 1.92 bits per heavy atom. The summed E-state index contributed by atoms with van der Waals surface area (Å²) in [5, 5.41) is 9.75. The first kappa shape index (κ1) is 16.3. The average molecular weight is 329 g/mol. The Morgan fingerprint density at radius 3 is 2.58 bits per heavy atom. The number of amides is 1. The first-order chi connectivity index (χ1) is 11.5. The third-order valence-electron chi connectivity index (χ3n) is 4.55. The number of fused-ring (bicyclic) bond motifs is 1. The van der Waals surface area contributed by atoms with Crippen molar-refractivity contribution in [1.82, 2.24) is 0 Å². The molecule has 0 aromatic heterocycles. The second-order valence-electron chi connectivity index (χ2n) is 5.98. The van der Waals surface area contributed by atoms with Crippen LogP contribution in [-0.2, 0) is 11.3 Å². The van der Waals surface area contributed by atoms with E-state index in [0.29, 0.717) is 29.8 Å². The lowest BCUT2D eigenvalue weighted by molar-refractivity contribution is -0.136. The Hall–Kier alpha value is -2.56. The molecule has 0 unspecified atom stereocenters. The molecule has 1 heterocycles. The number of hydrogen-bond donors (Lipinski definition) is 1. The van der Waals surface area contributed by atoms with Crippen molar-refractivity contribution in [3.63, 3.8) is 0 Å². The molecule has 2 aromatic rings. The number of carbonyl (C=O) groups is 1. The number of rotatable bonds is 4. The Balaban J connectivity index is 2.07. The van der Waals surface area contributed by atoms with E-state index in [2.05, 4.69) is 0 Å². The maximum absolute atomic E-state index is 13.5. The molecule has 1 aliphatic rings. The number of halogens is 1. The lowest BCUT2D eigenvalue weighted by Gasteiger charge is -2.42. The van der Waals surface area contributed by atoms with Crippen LogP contribution in [0.3, 0.4) is 0 Å². The van der Waals surface area contributed by atoms with E-state index < -0.39 is 5.60 Å². The van der Waals surface area contributed by atoms with Crippen molar-refractivity contribution in [2.45, 2.75) is 38.8 Å². The van der Waals surface area contributed by atoms with Crippen LogP contribution in [-0.4, -0.2) is 16.6 Å². The number of anilines is 1. The fourth-order valence-corrected chi connectivity index (χ4v) is 3.09. The van der Waals surface area contributed by atoms with E-state index in [4.69, 9.17) is 4.74 Å². The van der Waals surface area contributed by atoms with Crippen LogP contribution in [0.25, 0.3) is 0 Å². The van der Waals surface area contributed by atoms with Gasteiger partial charge in [0.25, 0.3) is 5.91 Å². The molecule has 0 fully saturated rings. The summed E-state index contributed by atoms with van der Waals surface area (Å²) in [6.45, 7) is 4.05. The molecule has 0 saturated carbocycles. The van der Waals surface area contributed by atoms with Gasteiger partial charge in [0.2, 0.25) is 0 Å². The largest absolute Gasteiger partial charge is 0.508 e. The highest BCUT2D eigenvalue weighted by atomic mass is 19.1. The second-order valence-corrected chi connectivity index (χ2v) is 5.98. The van der Waals surface area contributed by atoms with Gasteiger partial charge in [0.05, 0.1) is 12.2 Å². The molecule has 0 bridgehead atoms. The summed E-state index contributed by atoms with van der Waals surface area (Å²) in [6.07, 6.45) is 1.02. The molecule has 0 radical (unpaired) electrons.